The molecule has 0 radical (unpaired) electrons. The lowest BCUT2D eigenvalue weighted by atomic mass is 10.1. The predicted octanol–water partition coefficient (Wildman–Crippen LogP) is 3.46. The molecule has 8 heteroatoms. The molecule has 0 atom stereocenters. The average molecular weight is 442 g/mol. The Bertz CT molecular complexity index is 1260. The molecule has 0 amide bonds. The average Bonchev–Trinajstić information content (AvgIpc) is 3.35. The number of hydrogen-bond acceptors (Lipinski definition) is 7. The third-order valence-electron chi connectivity index (χ3n) is 5.99. The molecule has 0 saturated carbocycles. The molecule has 4 aromatic rings. The molecule has 8 nitrogen and oxygen atoms in total. The van der Waals surface area contributed by atoms with Gasteiger partial charge in [0, 0.05) is 44.1 Å². The highest BCUT2D eigenvalue weighted by molar-refractivity contribution is 5.70. The molecule has 0 aliphatic carbocycles. The second-order valence-corrected chi connectivity index (χ2v) is 8.24. The van der Waals surface area contributed by atoms with Crippen LogP contribution >= 0.6 is 0 Å². The van der Waals surface area contributed by atoms with Crippen LogP contribution in [0.2, 0.25) is 0 Å². The lowest BCUT2D eigenvalue weighted by molar-refractivity contribution is 0.312. The van der Waals surface area contributed by atoms with Crippen molar-refractivity contribution in [1.82, 2.24) is 29.6 Å². The SMILES string of the molecule is COc1cccc(C)c1-c1nccc(-c2cnn(-c3cccc(N4CCN(C)CC4)n3)c2)n1. The van der Waals surface area contributed by atoms with Crippen molar-refractivity contribution >= 4 is 5.82 Å². The molecular formula is C25H27N7O. The van der Waals surface area contributed by atoms with Crippen molar-refractivity contribution < 1.29 is 4.74 Å². The van der Waals surface area contributed by atoms with Crippen LogP contribution in [0.15, 0.2) is 61.1 Å². The first-order chi connectivity index (χ1) is 16.1. The van der Waals surface area contributed by atoms with Crippen LogP contribution < -0.4 is 9.64 Å². The Kier molecular flexibility index (Phi) is 5.75. The number of ether oxygens (including phenoxy) is 1. The van der Waals surface area contributed by atoms with E-state index in [1.165, 1.54) is 0 Å². The van der Waals surface area contributed by atoms with E-state index >= 15 is 0 Å². The minimum atomic E-state index is 0.630. The molecule has 1 saturated heterocycles. The molecule has 0 bridgehead atoms. The molecule has 1 aliphatic heterocycles. The van der Waals surface area contributed by atoms with Crippen molar-refractivity contribution in [3.8, 4) is 34.2 Å². The molecule has 168 valence electrons. The summed E-state index contributed by atoms with van der Waals surface area (Å²) < 4.78 is 7.34. The van der Waals surface area contributed by atoms with Gasteiger partial charge >= 0.3 is 0 Å². The zero-order valence-electron chi connectivity index (χ0n) is 19.1. The van der Waals surface area contributed by atoms with Gasteiger partial charge in [0.25, 0.3) is 0 Å². The molecule has 4 heterocycles. The zero-order valence-corrected chi connectivity index (χ0v) is 19.1. The quantitative estimate of drug-likeness (QED) is 0.470. The van der Waals surface area contributed by atoms with Gasteiger partial charge in [-0.25, -0.2) is 19.6 Å². The number of rotatable bonds is 5. The van der Waals surface area contributed by atoms with Crippen molar-refractivity contribution in [2.75, 3.05) is 45.2 Å². The van der Waals surface area contributed by atoms with Gasteiger partial charge in [0.1, 0.15) is 11.6 Å². The Morgan fingerprint density at radius 2 is 1.70 bits per heavy atom. The monoisotopic (exact) mass is 441 g/mol. The maximum Gasteiger partial charge on any atom is 0.163 e. The van der Waals surface area contributed by atoms with E-state index in [2.05, 4.69) is 33.0 Å². The largest absolute Gasteiger partial charge is 0.496 e. The summed E-state index contributed by atoms with van der Waals surface area (Å²) in [6.07, 6.45) is 5.54. The molecule has 3 aromatic heterocycles. The highest BCUT2D eigenvalue weighted by Gasteiger charge is 2.17. The second-order valence-electron chi connectivity index (χ2n) is 8.24. The van der Waals surface area contributed by atoms with Crippen molar-refractivity contribution in [3.05, 3.63) is 66.6 Å². The number of benzene rings is 1. The molecular weight excluding hydrogens is 414 g/mol. The van der Waals surface area contributed by atoms with Gasteiger partial charge in [-0.1, -0.05) is 18.2 Å². The van der Waals surface area contributed by atoms with E-state index in [0.717, 1.165) is 65.9 Å². The summed E-state index contributed by atoms with van der Waals surface area (Å²) in [7, 11) is 3.82. The van der Waals surface area contributed by atoms with E-state index in [0.29, 0.717) is 5.82 Å². The number of anilines is 1. The van der Waals surface area contributed by atoms with Crippen molar-refractivity contribution in [2.24, 2.45) is 0 Å². The first-order valence-corrected chi connectivity index (χ1v) is 11.1. The van der Waals surface area contributed by atoms with E-state index in [4.69, 9.17) is 14.7 Å². The summed E-state index contributed by atoms with van der Waals surface area (Å²) in [5.41, 5.74) is 3.66. The maximum atomic E-state index is 5.54. The van der Waals surface area contributed by atoms with Gasteiger partial charge in [0.15, 0.2) is 11.6 Å². The fourth-order valence-corrected chi connectivity index (χ4v) is 4.07. The van der Waals surface area contributed by atoms with Crippen LogP contribution in [0.25, 0.3) is 28.5 Å². The van der Waals surface area contributed by atoms with E-state index < -0.39 is 0 Å². The number of methoxy groups -OCH3 is 1. The van der Waals surface area contributed by atoms with Crippen LogP contribution in [0.3, 0.4) is 0 Å². The van der Waals surface area contributed by atoms with Crippen LogP contribution in [0.1, 0.15) is 5.56 Å². The Morgan fingerprint density at radius 3 is 2.52 bits per heavy atom. The topological polar surface area (TPSA) is 72.2 Å². The molecule has 1 aliphatic rings. The molecule has 1 aromatic carbocycles. The van der Waals surface area contributed by atoms with E-state index in [1.807, 2.05) is 55.7 Å². The smallest absolute Gasteiger partial charge is 0.163 e. The molecule has 33 heavy (non-hydrogen) atoms. The molecule has 0 unspecified atom stereocenters. The van der Waals surface area contributed by atoms with Crippen LogP contribution in [0.4, 0.5) is 5.82 Å². The highest BCUT2D eigenvalue weighted by atomic mass is 16.5. The molecule has 0 N–H and O–H groups in total. The number of nitrogens with zero attached hydrogens (tertiary/aromatic N) is 7. The number of aromatic nitrogens is 5. The van der Waals surface area contributed by atoms with Crippen molar-refractivity contribution in [2.45, 2.75) is 6.92 Å². The van der Waals surface area contributed by atoms with Crippen LogP contribution in [-0.4, -0.2) is 70.0 Å². The van der Waals surface area contributed by atoms with Crippen molar-refractivity contribution in [3.63, 3.8) is 0 Å². The van der Waals surface area contributed by atoms with Crippen LogP contribution in [0.5, 0.6) is 5.75 Å². The number of likely N-dealkylation sites (N-methyl/N-ethyl adjacent to an activating group) is 1. The van der Waals surface area contributed by atoms with Crippen LogP contribution in [-0.2, 0) is 0 Å². The van der Waals surface area contributed by atoms with Gasteiger partial charge in [-0.15, -0.1) is 0 Å². The van der Waals surface area contributed by atoms with Gasteiger partial charge in [-0.05, 0) is 43.8 Å². The van der Waals surface area contributed by atoms with Crippen molar-refractivity contribution in [1.29, 1.82) is 0 Å². The fraction of sp³-hybridized carbons (Fsp3) is 0.280. The van der Waals surface area contributed by atoms with E-state index in [1.54, 1.807) is 18.0 Å². The minimum Gasteiger partial charge on any atom is -0.496 e. The minimum absolute atomic E-state index is 0.630. The van der Waals surface area contributed by atoms with E-state index in [9.17, 15) is 0 Å². The van der Waals surface area contributed by atoms with Gasteiger partial charge in [0.2, 0.25) is 0 Å². The summed E-state index contributed by atoms with van der Waals surface area (Å²) >= 11 is 0. The summed E-state index contributed by atoms with van der Waals surface area (Å²) in [5.74, 6) is 3.15. The van der Waals surface area contributed by atoms with Gasteiger partial charge in [0.05, 0.1) is 24.6 Å². The standard InChI is InChI=1S/C25H27N7O/c1-18-6-4-7-21(33-3)24(18)25-26-11-10-20(28-25)19-16-27-32(17-19)23-9-5-8-22(29-23)31-14-12-30(2)13-15-31/h4-11,16-17H,12-15H2,1-3H3. The Hall–Kier alpha value is -3.78. The second kappa shape index (κ2) is 8.99. The number of aryl methyl sites for hydroxylation is 1. The lowest BCUT2D eigenvalue weighted by Gasteiger charge is -2.33. The Balaban J connectivity index is 1.43. The summed E-state index contributed by atoms with van der Waals surface area (Å²) in [5, 5.41) is 4.56. The van der Waals surface area contributed by atoms with Gasteiger partial charge in [-0.2, -0.15) is 5.10 Å². The highest BCUT2D eigenvalue weighted by Crippen LogP contribution is 2.31. The number of hydrogen-bond donors (Lipinski definition) is 0. The first kappa shape index (κ1) is 21.1. The third kappa shape index (κ3) is 4.29. The van der Waals surface area contributed by atoms with Gasteiger partial charge in [-0.3, -0.25) is 0 Å². The summed E-state index contributed by atoms with van der Waals surface area (Å²) in [4.78, 5) is 18.8. The molecule has 0 spiro atoms. The lowest BCUT2D eigenvalue weighted by Crippen LogP contribution is -2.44. The maximum absolute atomic E-state index is 5.54. The number of pyridine rings is 1. The summed E-state index contributed by atoms with van der Waals surface area (Å²) in [6, 6.07) is 13.9. The van der Waals surface area contributed by atoms with E-state index in [-0.39, 0.29) is 0 Å². The normalized spacial score (nSPS) is 14.5. The first-order valence-electron chi connectivity index (χ1n) is 11.1. The third-order valence-corrected chi connectivity index (χ3v) is 5.99. The Morgan fingerprint density at radius 1 is 0.909 bits per heavy atom. The van der Waals surface area contributed by atoms with Gasteiger partial charge < -0.3 is 14.5 Å². The molecule has 1 fully saturated rings. The molecule has 5 rings (SSSR count). The zero-order chi connectivity index (χ0) is 22.8. The predicted molar refractivity (Wildman–Crippen MR) is 129 cm³/mol. The number of piperazine rings is 1. The summed E-state index contributed by atoms with van der Waals surface area (Å²) in [6.45, 7) is 6.07. The Labute approximate surface area is 193 Å². The van der Waals surface area contributed by atoms with Crippen LogP contribution in [0, 0.1) is 6.92 Å². The fourth-order valence-electron chi connectivity index (χ4n) is 4.07.